The summed E-state index contributed by atoms with van der Waals surface area (Å²) in [6.07, 6.45) is 0. The normalized spacial score (nSPS) is 10.2. The lowest BCUT2D eigenvalue weighted by atomic mass is 10.2. The molecule has 0 saturated heterocycles. The average molecular weight is 250 g/mol. The van der Waals surface area contributed by atoms with E-state index in [1.54, 1.807) is 42.5 Å². The maximum atomic E-state index is 9.71. The highest BCUT2D eigenvalue weighted by Gasteiger charge is 2.04. The van der Waals surface area contributed by atoms with Gasteiger partial charge in [0.2, 0.25) is 0 Å². The highest BCUT2D eigenvalue weighted by Crippen LogP contribution is 2.27. The number of rotatable bonds is 3. The van der Waals surface area contributed by atoms with Gasteiger partial charge in [-0.15, -0.1) is 0 Å². The molecule has 0 fully saturated rings. The smallest absolute Gasteiger partial charge is 0.139 e. The predicted octanol–water partition coefficient (Wildman–Crippen LogP) is 3.36. The van der Waals surface area contributed by atoms with Gasteiger partial charge >= 0.3 is 0 Å². The fraction of sp³-hybridized carbons (Fsp3) is 0.0769. The molecule has 17 heavy (non-hydrogen) atoms. The maximum Gasteiger partial charge on any atom is 0.139 e. The minimum atomic E-state index is 0.0976. The molecule has 0 bridgehead atoms. The van der Waals surface area contributed by atoms with Crippen molar-refractivity contribution in [1.82, 2.24) is 0 Å². The number of phenols is 2. The minimum absolute atomic E-state index is 0.0976. The van der Waals surface area contributed by atoms with Crippen LogP contribution in [0, 0.1) is 0 Å². The molecule has 0 spiro atoms. The van der Waals surface area contributed by atoms with Crippen LogP contribution in [-0.4, -0.2) is 10.2 Å². The van der Waals surface area contributed by atoms with E-state index in [1.807, 2.05) is 0 Å². The van der Waals surface area contributed by atoms with E-state index in [0.717, 1.165) is 11.3 Å². The monoisotopic (exact) mass is 249 g/mol. The van der Waals surface area contributed by atoms with Gasteiger partial charge in [-0.25, -0.2) is 0 Å². The van der Waals surface area contributed by atoms with Gasteiger partial charge in [-0.3, -0.25) is 0 Å². The number of halogens is 1. The van der Waals surface area contributed by atoms with Crippen LogP contribution in [0.5, 0.6) is 11.5 Å². The number of para-hydroxylation sites is 1. The van der Waals surface area contributed by atoms with Gasteiger partial charge in [0, 0.05) is 17.8 Å². The molecule has 4 heteroatoms. The first-order chi connectivity index (χ1) is 8.16. The van der Waals surface area contributed by atoms with Crippen LogP contribution in [0.2, 0.25) is 5.02 Å². The number of anilines is 1. The Bertz CT molecular complexity index is 511. The molecule has 2 rings (SSSR count). The third-order valence-electron chi connectivity index (χ3n) is 2.42. The second-order valence-corrected chi connectivity index (χ2v) is 4.06. The molecule has 0 atom stereocenters. The number of benzene rings is 2. The molecule has 2 aromatic carbocycles. The van der Waals surface area contributed by atoms with Gasteiger partial charge in [-0.2, -0.15) is 0 Å². The van der Waals surface area contributed by atoms with Crippen LogP contribution in [0.3, 0.4) is 0 Å². The van der Waals surface area contributed by atoms with Crippen molar-refractivity contribution >= 4 is 17.3 Å². The van der Waals surface area contributed by atoms with Crippen LogP contribution in [0.25, 0.3) is 0 Å². The van der Waals surface area contributed by atoms with Gasteiger partial charge in [0.05, 0.1) is 5.02 Å². The minimum Gasteiger partial charge on any atom is -0.508 e. The first kappa shape index (κ1) is 11.6. The second kappa shape index (κ2) is 4.97. The molecule has 0 heterocycles. The average Bonchev–Trinajstić information content (AvgIpc) is 2.33. The molecule has 0 saturated carbocycles. The summed E-state index contributed by atoms with van der Waals surface area (Å²) in [5, 5.41) is 22.3. The van der Waals surface area contributed by atoms with E-state index in [9.17, 15) is 5.11 Å². The maximum absolute atomic E-state index is 9.71. The predicted molar refractivity (Wildman–Crippen MR) is 68.6 cm³/mol. The van der Waals surface area contributed by atoms with Crippen LogP contribution in [0.15, 0.2) is 42.5 Å². The van der Waals surface area contributed by atoms with Crippen molar-refractivity contribution in [1.29, 1.82) is 0 Å². The van der Waals surface area contributed by atoms with Gasteiger partial charge in [-0.05, 0) is 30.3 Å². The number of phenolic OH excluding ortho intramolecular Hbond substituents is 2. The summed E-state index contributed by atoms with van der Waals surface area (Å²) in [6.45, 7) is 0.469. The summed E-state index contributed by atoms with van der Waals surface area (Å²) in [6, 6.07) is 11.9. The SMILES string of the molecule is Oc1ccc(NCc2cccc(Cl)c2O)cc1. The Balaban J connectivity index is 2.07. The van der Waals surface area contributed by atoms with Crippen LogP contribution in [0.1, 0.15) is 5.56 Å². The Morgan fingerprint density at radius 3 is 2.41 bits per heavy atom. The highest BCUT2D eigenvalue weighted by molar-refractivity contribution is 6.32. The van der Waals surface area contributed by atoms with Crippen molar-refractivity contribution < 1.29 is 10.2 Å². The summed E-state index contributed by atoms with van der Waals surface area (Å²) in [4.78, 5) is 0. The zero-order valence-electron chi connectivity index (χ0n) is 9.02. The quantitative estimate of drug-likeness (QED) is 0.731. The van der Waals surface area contributed by atoms with Gasteiger partial charge in [0.15, 0.2) is 0 Å². The van der Waals surface area contributed by atoms with Crippen molar-refractivity contribution in [3.63, 3.8) is 0 Å². The summed E-state index contributed by atoms with van der Waals surface area (Å²) in [5.41, 5.74) is 1.59. The van der Waals surface area contributed by atoms with Crippen LogP contribution in [-0.2, 0) is 6.54 Å². The first-order valence-corrected chi connectivity index (χ1v) is 5.54. The Hall–Kier alpha value is -1.87. The molecular formula is C13H12ClNO2. The topological polar surface area (TPSA) is 52.5 Å². The van der Waals surface area contributed by atoms with Crippen LogP contribution < -0.4 is 5.32 Å². The fourth-order valence-electron chi connectivity index (χ4n) is 1.48. The molecule has 3 nitrogen and oxygen atoms in total. The van der Waals surface area contributed by atoms with E-state index in [2.05, 4.69) is 5.32 Å². The van der Waals surface area contributed by atoms with Gasteiger partial charge < -0.3 is 15.5 Å². The lowest BCUT2D eigenvalue weighted by Crippen LogP contribution is -1.99. The molecular weight excluding hydrogens is 238 g/mol. The molecule has 0 aliphatic rings. The summed E-state index contributed by atoms with van der Waals surface area (Å²) >= 11 is 5.81. The van der Waals surface area contributed by atoms with Crippen molar-refractivity contribution in [2.75, 3.05) is 5.32 Å². The van der Waals surface area contributed by atoms with E-state index in [4.69, 9.17) is 16.7 Å². The third-order valence-corrected chi connectivity index (χ3v) is 2.73. The molecule has 3 N–H and O–H groups in total. The largest absolute Gasteiger partial charge is 0.508 e. The first-order valence-electron chi connectivity index (χ1n) is 5.16. The molecule has 2 aromatic rings. The van der Waals surface area contributed by atoms with E-state index in [-0.39, 0.29) is 11.5 Å². The van der Waals surface area contributed by atoms with Crippen LogP contribution >= 0.6 is 11.6 Å². The molecule has 0 aromatic heterocycles. The Morgan fingerprint density at radius 2 is 1.71 bits per heavy atom. The zero-order valence-corrected chi connectivity index (χ0v) is 9.78. The Morgan fingerprint density at radius 1 is 1.00 bits per heavy atom. The van der Waals surface area contributed by atoms with E-state index in [1.165, 1.54) is 0 Å². The third kappa shape index (κ3) is 2.82. The molecule has 88 valence electrons. The van der Waals surface area contributed by atoms with Crippen molar-refractivity contribution in [2.24, 2.45) is 0 Å². The van der Waals surface area contributed by atoms with Gasteiger partial charge in [0.25, 0.3) is 0 Å². The summed E-state index contributed by atoms with van der Waals surface area (Å²) in [5.74, 6) is 0.321. The molecule has 0 aliphatic carbocycles. The van der Waals surface area contributed by atoms with Crippen molar-refractivity contribution in [3.05, 3.63) is 53.1 Å². The van der Waals surface area contributed by atoms with Crippen molar-refractivity contribution in [3.8, 4) is 11.5 Å². The van der Waals surface area contributed by atoms with Gasteiger partial charge in [0.1, 0.15) is 11.5 Å². The van der Waals surface area contributed by atoms with E-state index < -0.39 is 0 Å². The van der Waals surface area contributed by atoms with Gasteiger partial charge in [-0.1, -0.05) is 23.7 Å². The molecule has 0 unspecified atom stereocenters. The standard InChI is InChI=1S/C13H12ClNO2/c14-12-3-1-2-9(13(12)17)8-15-10-4-6-11(16)7-5-10/h1-7,15-17H,8H2. The zero-order chi connectivity index (χ0) is 12.3. The van der Waals surface area contributed by atoms with Crippen molar-refractivity contribution in [2.45, 2.75) is 6.54 Å². The number of nitrogens with one attached hydrogen (secondary N) is 1. The molecule has 0 aliphatic heterocycles. The number of aromatic hydroxyl groups is 2. The number of hydrogen-bond acceptors (Lipinski definition) is 3. The molecule has 0 radical (unpaired) electrons. The summed E-state index contributed by atoms with van der Waals surface area (Å²) in [7, 11) is 0. The Labute approximate surface area is 104 Å². The molecule has 0 amide bonds. The second-order valence-electron chi connectivity index (χ2n) is 3.65. The fourth-order valence-corrected chi connectivity index (χ4v) is 1.67. The van der Waals surface area contributed by atoms with E-state index >= 15 is 0 Å². The number of hydrogen-bond donors (Lipinski definition) is 3. The Kier molecular flexibility index (Phi) is 3.40. The lowest BCUT2D eigenvalue weighted by molar-refractivity contribution is 0.469. The van der Waals surface area contributed by atoms with E-state index in [0.29, 0.717) is 11.6 Å². The lowest BCUT2D eigenvalue weighted by Gasteiger charge is -2.09. The highest BCUT2D eigenvalue weighted by atomic mass is 35.5. The summed E-state index contributed by atoms with van der Waals surface area (Å²) < 4.78 is 0. The van der Waals surface area contributed by atoms with Crippen LogP contribution in [0.4, 0.5) is 5.69 Å².